The Morgan fingerprint density at radius 3 is 2.65 bits per heavy atom. The fourth-order valence-corrected chi connectivity index (χ4v) is 3.05. The molecular weight excluding hydrogens is 252 g/mol. The second kappa shape index (κ2) is 6.74. The molecule has 1 saturated carbocycles. The molecule has 1 unspecified atom stereocenters. The van der Waals surface area contributed by atoms with Crippen molar-refractivity contribution < 1.29 is 0 Å². The molecule has 1 aliphatic carbocycles. The Kier molecular flexibility index (Phi) is 5.93. The van der Waals surface area contributed by atoms with Crippen LogP contribution in [0.2, 0.25) is 0 Å². The number of rotatable bonds is 6. The molecule has 1 atom stereocenters. The number of aryl methyl sites for hydroxylation is 1. The molecule has 0 aromatic carbocycles. The van der Waals surface area contributed by atoms with E-state index in [1.807, 2.05) is 11.3 Å². The van der Waals surface area contributed by atoms with Crippen LogP contribution in [0.25, 0.3) is 0 Å². The van der Waals surface area contributed by atoms with Gasteiger partial charge in [-0.2, -0.15) is 0 Å². The lowest BCUT2D eigenvalue weighted by molar-refractivity contribution is 0.255. The van der Waals surface area contributed by atoms with Crippen molar-refractivity contribution in [2.24, 2.45) is 5.92 Å². The van der Waals surface area contributed by atoms with Gasteiger partial charge in [0.1, 0.15) is 0 Å². The zero-order valence-corrected chi connectivity index (χ0v) is 12.5. The number of thiophene rings is 1. The van der Waals surface area contributed by atoms with Crippen molar-refractivity contribution in [2.75, 3.05) is 20.6 Å². The van der Waals surface area contributed by atoms with Crippen LogP contribution in [-0.4, -0.2) is 31.6 Å². The number of likely N-dealkylation sites (N-methyl/N-ethyl adjacent to an activating group) is 1. The van der Waals surface area contributed by atoms with Crippen LogP contribution in [-0.2, 0) is 6.54 Å². The lowest BCUT2D eigenvalue weighted by Crippen LogP contribution is -2.39. The first-order valence-electron chi connectivity index (χ1n) is 6.08. The molecule has 1 N–H and O–H groups in total. The number of hydrogen-bond donors (Lipinski definition) is 1. The fraction of sp³-hybridized carbons (Fsp3) is 0.692. The van der Waals surface area contributed by atoms with Crippen molar-refractivity contribution in [3.63, 3.8) is 0 Å². The van der Waals surface area contributed by atoms with Crippen LogP contribution >= 0.6 is 23.7 Å². The molecule has 0 aliphatic heterocycles. The predicted molar refractivity (Wildman–Crippen MR) is 78.2 cm³/mol. The van der Waals surface area contributed by atoms with Crippen molar-refractivity contribution in [1.82, 2.24) is 10.2 Å². The molecular formula is C13H23ClN2S. The summed E-state index contributed by atoms with van der Waals surface area (Å²) in [6, 6.07) is 2.92. The number of hydrogen-bond acceptors (Lipinski definition) is 3. The molecule has 17 heavy (non-hydrogen) atoms. The topological polar surface area (TPSA) is 15.3 Å². The van der Waals surface area contributed by atoms with E-state index >= 15 is 0 Å². The van der Waals surface area contributed by atoms with E-state index in [0.29, 0.717) is 0 Å². The van der Waals surface area contributed by atoms with Gasteiger partial charge in [0.05, 0.1) is 0 Å². The SMILES string of the molecule is Cc1ccsc1CNCC(C1CC1)N(C)C.Cl. The molecule has 1 fully saturated rings. The Balaban J connectivity index is 0.00000144. The van der Waals surface area contributed by atoms with Gasteiger partial charge in [-0.3, -0.25) is 0 Å². The van der Waals surface area contributed by atoms with Gasteiger partial charge in [0.25, 0.3) is 0 Å². The van der Waals surface area contributed by atoms with Crippen LogP contribution in [0.15, 0.2) is 11.4 Å². The van der Waals surface area contributed by atoms with E-state index in [1.54, 1.807) is 0 Å². The average molecular weight is 275 g/mol. The Morgan fingerprint density at radius 2 is 2.18 bits per heavy atom. The van der Waals surface area contributed by atoms with Crippen molar-refractivity contribution >= 4 is 23.7 Å². The maximum Gasteiger partial charge on any atom is 0.0303 e. The molecule has 1 heterocycles. The van der Waals surface area contributed by atoms with Crippen LogP contribution in [0.5, 0.6) is 0 Å². The van der Waals surface area contributed by atoms with Crippen molar-refractivity contribution in [1.29, 1.82) is 0 Å². The summed E-state index contributed by atoms with van der Waals surface area (Å²) in [6.45, 7) is 4.34. The molecule has 2 nitrogen and oxygen atoms in total. The van der Waals surface area contributed by atoms with Crippen LogP contribution in [0.3, 0.4) is 0 Å². The van der Waals surface area contributed by atoms with E-state index < -0.39 is 0 Å². The highest BCUT2D eigenvalue weighted by Crippen LogP contribution is 2.34. The van der Waals surface area contributed by atoms with Gasteiger partial charge in [-0.1, -0.05) is 0 Å². The van der Waals surface area contributed by atoms with Gasteiger partial charge < -0.3 is 10.2 Å². The zero-order valence-electron chi connectivity index (χ0n) is 10.9. The molecule has 98 valence electrons. The summed E-state index contributed by atoms with van der Waals surface area (Å²) >= 11 is 1.86. The summed E-state index contributed by atoms with van der Waals surface area (Å²) in [5, 5.41) is 5.78. The second-order valence-electron chi connectivity index (χ2n) is 5.03. The summed E-state index contributed by atoms with van der Waals surface area (Å²) in [4.78, 5) is 3.85. The first kappa shape index (κ1) is 15.0. The smallest absolute Gasteiger partial charge is 0.0303 e. The van der Waals surface area contributed by atoms with Crippen molar-refractivity contribution in [3.05, 3.63) is 21.9 Å². The number of nitrogens with zero attached hydrogens (tertiary/aromatic N) is 1. The van der Waals surface area contributed by atoms with Gasteiger partial charge >= 0.3 is 0 Å². The molecule has 2 rings (SSSR count). The van der Waals surface area contributed by atoms with E-state index in [0.717, 1.165) is 25.0 Å². The van der Waals surface area contributed by atoms with E-state index in [2.05, 4.69) is 42.7 Å². The minimum atomic E-state index is 0. The molecule has 0 spiro atoms. The zero-order chi connectivity index (χ0) is 11.5. The van der Waals surface area contributed by atoms with Crippen LogP contribution < -0.4 is 5.32 Å². The van der Waals surface area contributed by atoms with Crippen molar-refractivity contribution in [3.8, 4) is 0 Å². The monoisotopic (exact) mass is 274 g/mol. The van der Waals surface area contributed by atoms with Crippen molar-refractivity contribution in [2.45, 2.75) is 32.4 Å². The van der Waals surface area contributed by atoms with Gasteiger partial charge in [-0.05, 0) is 56.8 Å². The summed E-state index contributed by atoms with van der Waals surface area (Å²) in [6.07, 6.45) is 2.84. The number of nitrogens with one attached hydrogen (secondary N) is 1. The summed E-state index contributed by atoms with van der Waals surface area (Å²) in [7, 11) is 4.39. The molecule has 0 radical (unpaired) electrons. The summed E-state index contributed by atoms with van der Waals surface area (Å²) < 4.78 is 0. The predicted octanol–water partition coefficient (Wildman–Crippen LogP) is 2.91. The largest absolute Gasteiger partial charge is 0.310 e. The highest BCUT2D eigenvalue weighted by molar-refractivity contribution is 7.10. The average Bonchev–Trinajstić information content (AvgIpc) is 2.98. The highest BCUT2D eigenvalue weighted by atomic mass is 35.5. The Bertz CT molecular complexity index is 332. The first-order valence-corrected chi connectivity index (χ1v) is 6.96. The molecule has 1 aliphatic rings. The Labute approximate surface area is 115 Å². The molecule has 0 bridgehead atoms. The van der Waals surface area contributed by atoms with Crippen LogP contribution in [0.1, 0.15) is 23.3 Å². The third-order valence-electron chi connectivity index (χ3n) is 3.44. The number of halogens is 1. The molecule has 4 heteroatoms. The Hall–Kier alpha value is -0.0900. The maximum absolute atomic E-state index is 3.60. The van der Waals surface area contributed by atoms with Gasteiger partial charge in [0.15, 0.2) is 0 Å². The van der Waals surface area contributed by atoms with Gasteiger partial charge in [0, 0.05) is 24.0 Å². The normalized spacial score (nSPS) is 16.9. The minimum absolute atomic E-state index is 0. The lowest BCUT2D eigenvalue weighted by atomic mass is 10.1. The molecule has 1 aromatic heterocycles. The Morgan fingerprint density at radius 1 is 1.47 bits per heavy atom. The van der Waals surface area contributed by atoms with Gasteiger partial charge in [0.2, 0.25) is 0 Å². The quantitative estimate of drug-likeness (QED) is 0.858. The molecule has 1 aromatic rings. The van der Waals surface area contributed by atoms with E-state index in [4.69, 9.17) is 0 Å². The van der Waals surface area contributed by atoms with Crippen LogP contribution in [0, 0.1) is 12.8 Å². The third kappa shape index (κ3) is 4.25. The summed E-state index contributed by atoms with van der Waals surface area (Å²) in [5.41, 5.74) is 1.42. The first-order chi connectivity index (χ1) is 7.68. The molecule has 0 amide bonds. The van der Waals surface area contributed by atoms with Gasteiger partial charge in [-0.15, -0.1) is 23.7 Å². The molecule has 0 saturated heterocycles. The standard InChI is InChI=1S/C13H22N2S.ClH/c1-10-6-7-16-13(10)9-14-8-12(15(2)3)11-4-5-11;/h6-7,11-12,14H,4-5,8-9H2,1-3H3;1H. The maximum atomic E-state index is 3.60. The highest BCUT2D eigenvalue weighted by Gasteiger charge is 2.32. The van der Waals surface area contributed by atoms with E-state index in [1.165, 1.54) is 23.3 Å². The minimum Gasteiger partial charge on any atom is -0.310 e. The van der Waals surface area contributed by atoms with Crippen LogP contribution in [0.4, 0.5) is 0 Å². The van der Waals surface area contributed by atoms with E-state index in [-0.39, 0.29) is 12.4 Å². The fourth-order valence-electron chi connectivity index (χ4n) is 2.17. The van der Waals surface area contributed by atoms with E-state index in [9.17, 15) is 0 Å². The van der Waals surface area contributed by atoms with Gasteiger partial charge in [-0.25, -0.2) is 0 Å². The second-order valence-corrected chi connectivity index (χ2v) is 6.03. The lowest BCUT2D eigenvalue weighted by Gasteiger charge is -2.24. The third-order valence-corrected chi connectivity index (χ3v) is 4.46. The summed E-state index contributed by atoms with van der Waals surface area (Å²) in [5.74, 6) is 0.937.